The minimum absolute atomic E-state index is 0.0473. The summed E-state index contributed by atoms with van der Waals surface area (Å²) < 4.78 is 7.10. The number of pyridine rings is 2. The number of aromatic nitrogens is 2. The van der Waals surface area contributed by atoms with Crippen LogP contribution in [0, 0.1) is 0 Å². The Morgan fingerprint density at radius 3 is 2.46 bits per heavy atom. The van der Waals surface area contributed by atoms with Crippen molar-refractivity contribution in [1.82, 2.24) is 4.98 Å². The van der Waals surface area contributed by atoms with Gasteiger partial charge in [-0.3, -0.25) is 4.79 Å². The molecule has 0 aliphatic carbocycles. The van der Waals surface area contributed by atoms with Gasteiger partial charge in [-0.15, -0.1) is 0 Å². The molecule has 0 saturated carbocycles. The van der Waals surface area contributed by atoms with Crippen LogP contribution in [0.25, 0.3) is 11.4 Å². The van der Waals surface area contributed by atoms with Gasteiger partial charge in [0.15, 0.2) is 6.20 Å². The normalized spacial score (nSPS) is 11.8. The van der Waals surface area contributed by atoms with E-state index in [-0.39, 0.29) is 11.8 Å². The Morgan fingerprint density at radius 2 is 1.79 bits per heavy atom. The zero-order chi connectivity index (χ0) is 16.9. The van der Waals surface area contributed by atoms with Gasteiger partial charge in [-0.05, 0) is 42.5 Å². The summed E-state index contributed by atoms with van der Waals surface area (Å²) >= 11 is 0. The molecule has 1 aromatic carbocycles. The third-order valence-electron chi connectivity index (χ3n) is 3.99. The molecule has 0 aliphatic rings. The molecule has 2 heterocycles. The number of hydrogen-bond acceptors (Lipinski definition) is 3. The maximum atomic E-state index is 12.8. The highest BCUT2D eigenvalue weighted by molar-refractivity contribution is 5.97. The van der Waals surface area contributed by atoms with Crippen LogP contribution in [0.3, 0.4) is 0 Å². The average Bonchev–Trinajstić information content (AvgIpc) is 2.67. The van der Waals surface area contributed by atoms with E-state index < -0.39 is 0 Å². The van der Waals surface area contributed by atoms with Crippen molar-refractivity contribution < 1.29 is 14.1 Å². The molecule has 24 heavy (non-hydrogen) atoms. The first-order valence-electron chi connectivity index (χ1n) is 7.80. The highest BCUT2D eigenvalue weighted by Crippen LogP contribution is 2.18. The standard InChI is InChI=1S/C20H19N2O2/c1-15(20(23)16-9-11-17(24-2)12-10-16)22-14-6-4-8-19(22)18-7-3-5-13-21-18/h3-15H,1-2H3/q+1/t15-/m0/s1. The van der Waals surface area contributed by atoms with Crippen molar-refractivity contribution in [3.8, 4) is 17.1 Å². The Balaban J connectivity index is 1.95. The molecule has 0 N–H and O–H groups in total. The minimum atomic E-state index is -0.336. The quantitative estimate of drug-likeness (QED) is 0.534. The van der Waals surface area contributed by atoms with E-state index in [1.54, 1.807) is 37.6 Å². The molecule has 120 valence electrons. The molecule has 3 aromatic rings. The van der Waals surface area contributed by atoms with E-state index in [2.05, 4.69) is 4.98 Å². The lowest BCUT2D eigenvalue weighted by Gasteiger charge is -2.10. The van der Waals surface area contributed by atoms with E-state index >= 15 is 0 Å². The monoisotopic (exact) mass is 319 g/mol. The molecule has 2 aromatic heterocycles. The van der Waals surface area contributed by atoms with Gasteiger partial charge < -0.3 is 4.74 Å². The van der Waals surface area contributed by atoms with Crippen molar-refractivity contribution in [2.24, 2.45) is 0 Å². The largest absolute Gasteiger partial charge is 0.497 e. The van der Waals surface area contributed by atoms with Crippen molar-refractivity contribution in [3.63, 3.8) is 0 Å². The molecule has 0 radical (unpaired) electrons. The summed E-state index contributed by atoms with van der Waals surface area (Å²) in [6.45, 7) is 1.90. The number of benzene rings is 1. The fourth-order valence-electron chi connectivity index (χ4n) is 2.65. The average molecular weight is 319 g/mol. The van der Waals surface area contributed by atoms with E-state index in [9.17, 15) is 4.79 Å². The molecule has 0 saturated heterocycles. The molecular formula is C20H19N2O2+. The van der Waals surface area contributed by atoms with Gasteiger partial charge in [0.1, 0.15) is 11.4 Å². The first kappa shape index (κ1) is 15.9. The smallest absolute Gasteiger partial charge is 0.231 e. The summed E-state index contributed by atoms with van der Waals surface area (Å²) in [6, 6.07) is 18.5. The fraction of sp³-hybridized carbons (Fsp3) is 0.150. The third kappa shape index (κ3) is 3.18. The van der Waals surface area contributed by atoms with Crippen LogP contribution < -0.4 is 9.30 Å². The lowest BCUT2D eigenvalue weighted by atomic mass is 10.0. The van der Waals surface area contributed by atoms with Gasteiger partial charge in [0.2, 0.25) is 17.5 Å². The van der Waals surface area contributed by atoms with Gasteiger partial charge in [-0.1, -0.05) is 6.07 Å². The van der Waals surface area contributed by atoms with Crippen molar-refractivity contribution >= 4 is 5.78 Å². The van der Waals surface area contributed by atoms with E-state index in [1.165, 1.54) is 0 Å². The van der Waals surface area contributed by atoms with Crippen LogP contribution in [0.15, 0.2) is 73.1 Å². The predicted octanol–water partition coefficient (Wildman–Crippen LogP) is 3.49. The Bertz CT molecular complexity index is 830. The Hall–Kier alpha value is -3.01. The van der Waals surface area contributed by atoms with E-state index in [0.29, 0.717) is 5.56 Å². The van der Waals surface area contributed by atoms with Gasteiger partial charge in [0, 0.05) is 30.8 Å². The number of Topliss-reactive ketones (excluding diaryl/α,β-unsaturated/α-hetero) is 1. The lowest BCUT2D eigenvalue weighted by Crippen LogP contribution is -2.44. The van der Waals surface area contributed by atoms with Crippen molar-refractivity contribution in [1.29, 1.82) is 0 Å². The van der Waals surface area contributed by atoms with Crippen LogP contribution in [-0.2, 0) is 0 Å². The SMILES string of the molecule is COc1ccc(C(=O)[C@H](C)[n+]2ccccc2-c2ccccn2)cc1. The minimum Gasteiger partial charge on any atom is -0.497 e. The molecule has 0 bridgehead atoms. The predicted molar refractivity (Wildman–Crippen MR) is 91.9 cm³/mol. The van der Waals surface area contributed by atoms with Gasteiger partial charge in [-0.2, -0.15) is 4.57 Å². The summed E-state index contributed by atoms with van der Waals surface area (Å²) in [7, 11) is 1.61. The second kappa shape index (κ2) is 7.04. The Labute approximate surface area is 141 Å². The summed E-state index contributed by atoms with van der Waals surface area (Å²) in [5, 5.41) is 0. The molecule has 4 nitrogen and oxygen atoms in total. The number of hydrogen-bond donors (Lipinski definition) is 0. The summed E-state index contributed by atoms with van der Waals surface area (Å²) in [5.41, 5.74) is 2.41. The second-order valence-corrected chi connectivity index (χ2v) is 5.48. The molecule has 0 aliphatic heterocycles. The first-order chi connectivity index (χ1) is 11.7. The molecule has 1 atom stereocenters. The highest BCUT2D eigenvalue weighted by Gasteiger charge is 2.27. The zero-order valence-electron chi connectivity index (χ0n) is 13.7. The lowest BCUT2D eigenvalue weighted by molar-refractivity contribution is -0.694. The first-order valence-corrected chi connectivity index (χ1v) is 7.80. The van der Waals surface area contributed by atoms with Gasteiger partial charge in [0.05, 0.1) is 7.11 Å². The van der Waals surface area contributed by atoms with Crippen LogP contribution in [0.2, 0.25) is 0 Å². The number of ether oxygens (including phenoxy) is 1. The van der Waals surface area contributed by atoms with Crippen LogP contribution in [0.4, 0.5) is 0 Å². The van der Waals surface area contributed by atoms with Gasteiger partial charge in [-0.25, -0.2) is 4.98 Å². The maximum Gasteiger partial charge on any atom is 0.231 e. The van der Waals surface area contributed by atoms with E-state index in [4.69, 9.17) is 4.74 Å². The van der Waals surface area contributed by atoms with Crippen molar-refractivity contribution in [2.75, 3.05) is 7.11 Å². The van der Waals surface area contributed by atoms with Gasteiger partial charge in [0.25, 0.3) is 0 Å². The van der Waals surface area contributed by atoms with Crippen molar-refractivity contribution in [2.45, 2.75) is 13.0 Å². The van der Waals surface area contributed by atoms with E-state index in [1.807, 2.05) is 54.1 Å². The fourth-order valence-corrected chi connectivity index (χ4v) is 2.65. The maximum absolute atomic E-state index is 12.8. The molecule has 0 spiro atoms. The van der Waals surface area contributed by atoms with Crippen molar-refractivity contribution in [3.05, 3.63) is 78.6 Å². The summed E-state index contributed by atoms with van der Waals surface area (Å²) in [4.78, 5) is 17.2. The van der Waals surface area contributed by atoms with Crippen LogP contribution in [0.1, 0.15) is 23.3 Å². The number of carbonyl (C=O) groups is 1. The number of carbonyl (C=O) groups excluding carboxylic acids is 1. The van der Waals surface area contributed by atoms with Crippen LogP contribution in [0.5, 0.6) is 5.75 Å². The van der Waals surface area contributed by atoms with Gasteiger partial charge >= 0.3 is 0 Å². The van der Waals surface area contributed by atoms with Crippen LogP contribution in [-0.4, -0.2) is 17.9 Å². The number of ketones is 1. The van der Waals surface area contributed by atoms with Crippen LogP contribution >= 0.6 is 0 Å². The Kier molecular flexibility index (Phi) is 4.66. The highest BCUT2D eigenvalue weighted by atomic mass is 16.5. The molecule has 3 rings (SSSR count). The molecule has 0 fully saturated rings. The summed E-state index contributed by atoms with van der Waals surface area (Å²) in [6.07, 6.45) is 3.67. The molecule has 4 heteroatoms. The second-order valence-electron chi connectivity index (χ2n) is 5.48. The Morgan fingerprint density at radius 1 is 1.04 bits per heavy atom. The molecular weight excluding hydrogens is 300 g/mol. The zero-order valence-corrected chi connectivity index (χ0v) is 13.7. The molecule has 0 unspecified atom stereocenters. The van der Waals surface area contributed by atoms with E-state index in [0.717, 1.165) is 17.1 Å². The topological polar surface area (TPSA) is 43.1 Å². The third-order valence-corrected chi connectivity index (χ3v) is 3.99. The number of methoxy groups -OCH3 is 1. The number of rotatable bonds is 5. The number of nitrogens with zero attached hydrogens (tertiary/aromatic N) is 2. The summed E-state index contributed by atoms with van der Waals surface area (Å²) in [5.74, 6) is 0.784. The molecule has 0 amide bonds.